The number of nitrogens with two attached hydrogens (primary N) is 1. The second kappa shape index (κ2) is 13.5. The van der Waals surface area contributed by atoms with Crippen molar-refractivity contribution in [1.29, 1.82) is 10.5 Å². The van der Waals surface area contributed by atoms with Crippen LogP contribution >= 0.6 is 0 Å². The number of hydrogen-bond acceptors (Lipinski definition) is 10. The number of carbonyl (C=O) groups excluding carboxylic acids is 4. The Morgan fingerprint density at radius 3 is 1.93 bits per heavy atom. The van der Waals surface area contributed by atoms with Crippen molar-refractivity contribution in [3.8, 4) is 23.6 Å². The first kappa shape index (κ1) is 35.1. The van der Waals surface area contributed by atoms with Crippen LogP contribution in [0.3, 0.4) is 0 Å². The van der Waals surface area contributed by atoms with E-state index in [1.165, 1.54) is 6.20 Å². The van der Waals surface area contributed by atoms with Gasteiger partial charge >= 0.3 is 0 Å². The zero-order valence-corrected chi connectivity index (χ0v) is 29.8. The molecule has 4 aliphatic carbocycles. The first-order chi connectivity index (χ1) is 26.1. The number of nitriles is 2. The zero-order chi connectivity index (χ0) is 37.7. The van der Waals surface area contributed by atoms with E-state index in [1.54, 1.807) is 15.6 Å². The van der Waals surface area contributed by atoms with Crippen molar-refractivity contribution >= 4 is 35.3 Å². The van der Waals surface area contributed by atoms with E-state index in [1.807, 2.05) is 24.3 Å². The smallest absolute Gasteiger partial charge is 0.256 e. The van der Waals surface area contributed by atoms with Gasteiger partial charge in [-0.25, -0.2) is 0 Å². The molecule has 3 aromatic rings. The SMILES string of the molecule is N#CCC1(n2cc(C(N)=O)c(NC(=O)C3CC3NC(=O)c3cn(C4(CC#N)CCCCC4)nc3NC(=O)C3CC3)n2)CCC2(CC1)Oc1ccccc1O2. The molecule has 16 heteroatoms. The van der Waals surface area contributed by atoms with Gasteiger partial charge < -0.3 is 31.2 Å². The summed E-state index contributed by atoms with van der Waals surface area (Å²) in [5.41, 5.74) is 4.54. The van der Waals surface area contributed by atoms with Gasteiger partial charge in [0.2, 0.25) is 11.8 Å². The molecule has 2 aromatic heterocycles. The predicted molar refractivity (Wildman–Crippen MR) is 191 cm³/mol. The van der Waals surface area contributed by atoms with Crippen LogP contribution in [0.5, 0.6) is 11.5 Å². The van der Waals surface area contributed by atoms with Crippen molar-refractivity contribution in [2.45, 2.75) is 113 Å². The van der Waals surface area contributed by atoms with Crippen LogP contribution in [0.15, 0.2) is 36.7 Å². The van der Waals surface area contributed by atoms with Crippen LogP contribution in [0.4, 0.5) is 11.6 Å². The molecule has 5 N–H and O–H groups in total. The first-order valence-electron chi connectivity index (χ1n) is 18.7. The number of nitrogens with zero attached hydrogens (tertiary/aromatic N) is 6. The van der Waals surface area contributed by atoms with Crippen molar-refractivity contribution in [2.24, 2.45) is 17.6 Å². The standard InChI is InChI=1S/C38H42N10O6/c39-18-16-36(10-4-1-5-11-36)48-22-26(32(46-48)43-33(50)23-8-9-23)35(52)42-27-20-24(27)34(51)44-31-25(30(41)49)21-47(45-31)37(17-19-40)12-14-38(15-13-37)53-28-6-2-3-7-29(28)54-38/h2-3,6-7,21-24,27H,1,4-5,8-17,20H2,(H2,41,49)(H,42,52)(H,43,46,50)(H,44,45,51). The van der Waals surface area contributed by atoms with Crippen LogP contribution in [0, 0.1) is 34.5 Å². The molecule has 4 amide bonds. The fourth-order valence-corrected chi connectivity index (χ4v) is 8.25. The Kier molecular flexibility index (Phi) is 8.79. The molecule has 4 fully saturated rings. The fraction of sp³-hybridized carbons (Fsp3) is 0.526. The number of benzene rings is 1. The number of ether oxygens (including phenoxy) is 2. The van der Waals surface area contributed by atoms with E-state index in [9.17, 15) is 29.7 Å². The van der Waals surface area contributed by atoms with Crippen molar-refractivity contribution in [3.63, 3.8) is 0 Å². The second-order valence-electron chi connectivity index (χ2n) is 15.5. The third-order valence-electron chi connectivity index (χ3n) is 11.8. The van der Waals surface area contributed by atoms with E-state index in [4.69, 9.17) is 15.2 Å². The normalized spacial score (nSPS) is 22.7. The summed E-state index contributed by atoms with van der Waals surface area (Å²) < 4.78 is 15.7. The largest absolute Gasteiger partial charge is 0.448 e. The number of nitrogens with one attached hydrogen (secondary N) is 3. The minimum absolute atomic E-state index is 0.000398. The minimum atomic E-state index is -0.860. The lowest BCUT2D eigenvalue weighted by Crippen LogP contribution is -2.49. The molecule has 1 aromatic carbocycles. The molecule has 0 radical (unpaired) electrons. The highest BCUT2D eigenvalue weighted by Gasteiger charge is 2.51. The highest BCUT2D eigenvalue weighted by molar-refractivity contribution is 6.05. The number of rotatable bonds is 11. The topological polar surface area (TPSA) is 232 Å². The molecule has 1 spiro atoms. The lowest BCUT2D eigenvalue weighted by molar-refractivity contribution is -0.125. The molecule has 4 saturated carbocycles. The summed E-state index contributed by atoms with van der Waals surface area (Å²) in [6.45, 7) is 0. The molecule has 0 saturated heterocycles. The van der Waals surface area contributed by atoms with Crippen LogP contribution in [0.1, 0.15) is 111 Å². The third kappa shape index (κ3) is 6.50. The van der Waals surface area contributed by atoms with E-state index in [-0.39, 0.29) is 47.4 Å². The Labute approximate surface area is 311 Å². The number of fused-ring (bicyclic) bond motifs is 1. The second-order valence-corrected chi connectivity index (χ2v) is 15.5. The Balaban J connectivity index is 0.956. The minimum Gasteiger partial charge on any atom is -0.448 e. The summed E-state index contributed by atoms with van der Waals surface area (Å²) in [4.78, 5) is 52.6. The molecule has 2 atom stereocenters. The van der Waals surface area contributed by atoms with Crippen molar-refractivity contribution in [2.75, 3.05) is 10.6 Å². The maximum absolute atomic E-state index is 13.7. The Morgan fingerprint density at radius 1 is 0.796 bits per heavy atom. The molecule has 3 heterocycles. The van der Waals surface area contributed by atoms with Gasteiger partial charge in [-0.05, 0) is 57.1 Å². The van der Waals surface area contributed by atoms with Crippen LogP contribution in [-0.2, 0) is 20.7 Å². The number of primary amides is 1. The summed E-state index contributed by atoms with van der Waals surface area (Å²) >= 11 is 0. The third-order valence-corrected chi connectivity index (χ3v) is 11.8. The van der Waals surface area contributed by atoms with Crippen LogP contribution in [-0.4, -0.2) is 55.0 Å². The zero-order valence-electron chi connectivity index (χ0n) is 29.8. The van der Waals surface area contributed by atoms with Gasteiger partial charge in [-0.3, -0.25) is 28.5 Å². The molecule has 16 nitrogen and oxygen atoms in total. The van der Waals surface area contributed by atoms with Gasteiger partial charge in [-0.15, -0.1) is 0 Å². The lowest BCUT2D eigenvalue weighted by Gasteiger charge is -2.42. The monoisotopic (exact) mass is 734 g/mol. The number of hydrogen-bond donors (Lipinski definition) is 4. The molecular weight excluding hydrogens is 692 g/mol. The molecular formula is C38H42N10O6. The van der Waals surface area contributed by atoms with Crippen molar-refractivity contribution in [3.05, 3.63) is 47.8 Å². The van der Waals surface area contributed by atoms with E-state index < -0.39 is 46.5 Å². The van der Waals surface area contributed by atoms with E-state index >= 15 is 0 Å². The van der Waals surface area contributed by atoms with Crippen molar-refractivity contribution in [1.82, 2.24) is 24.9 Å². The highest BCUT2D eigenvalue weighted by Crippen LogP contribution is 2.50. The molecule has 54 heavy (non-hydrogen) atoms. The van der Waals surface area contributed by atoms with Gasteiger partial charge in [0.1, 0.15) is 11.1 Å². The first-order valence-corrected chi connectivity index (χ1v) is 18.7. The number of anilines is 2. The summed E-state index contributed by atoms with van der Waals surface area (Å²) in [5, 5.41) is 37.2. The Morgan fingerprint density at radius 2 is 1.35 bits per heavy atom. The van der Waals surface area contributed by atoms with Gasteiger partial charge in [-0.1, -0.05) is 31.4 Å². The van der Waals surface area contributed by atoms with Gasteiger partial charge in [0.05, 0.1) is 42.0 Å². The summed E-state index contributed by atoms with van der Waals surface area (Å²) in [5.74, 6) is -2.09. The predicted octanol–water partition coefficient (Wildman–Crippen LogP) is 4.21. The van der Waals surface area contributed by atoms with Gasteiger partial charge in [0, 0.05) is 37.2 Å². The highest BCUT2D eigenvalue weighted by atomic mass is 16.7. The van der Waals surface area contributed by atoms with E-state index in [2.05, 4.69) is 38.3 Å². The molecule has 0 bridgehead atoms. The maximum atomic E-state index is 13.7. The van der Waals surface area contributed by atoms with Gasteiger partial charge in [0.15, 0.2) is 23.1 Å². The van der Waals surface area contributed by atoms with Crippen LogP contribution in [0.25, 0.3) is 0 Å². The number of aromatic nitrogens is 4. The maximum Gasteiger partial charge on any atom is 0.256 e. The summed E-state index contributed by atoms with van der Waals surface area (Å²) in [6, 6.07) is 11.5. The number of carbonyl (C=O) groups is 4. The number of amides is 4. The fourth-order valence-electron chi connectivity index (χ4n) is 8.25. The van der Waals surface area contributed by atoms with E-state index in [0.717, 1.165) is 44.9 Å². The average Bonchev–Trinajstić information content (AvgIpc) is 4.03. The summed E-state index contributed by atoms with van der Waals surface area (Å²) in [6.07, 6.45) is 11.5. The van der Waals surface area contributed by atoms with Gasteiger partial charge in [0.25, 0.3) is 17.6 Å². The molecule has 1 aliphatic heterocycles. The summed E-state index contributed by atoms with van der Waals surface area (Å²) in [7, 11) is 0. The molecule has 8 rings (SSSR count). The lowest BCUT2D eigenvalue weighted by atomic mass is 9.77. The molecule has 5 aliphatic rings. The Hall–Kier alpha value is -5.90. The molecule has 280 valence electrons. The van der Waals surface area contributed by atoms with Crippen molar-refractivity contribution < 1.29 is 28.7 Å². The average molecular weight is 735 g/mol. The quantitative estimate of drug-likeness (QED) is 0.219. The number of para-hydroxylation sites is 2. The Bertz CT molecular complexity index is 2060. The van der Waals surface area contributed by atoms with Crippen LogP contribution < -0.4 is 31.2 Å². The molecule has 2 unspecified atom stereocenters. The van der Waals surface area contributed by atoms with Crippen LogP contribution in [0.2, 0.25) is 0 Å². The van der Waals surface area contributed by atoms with E-state index in [0.29, 0.717) is 43.6 Å². The van der Waals surface area contributed by atoms with Gasteiger partial charge in [-0.2, -0.15) is 20.7 Å².